The van der Waals surface area contributed by atoms with Gasteiger partial charge in [0.25, 0.3) is 0 Å². The van der Waals surface area contributed by atoms with E-state index in [1.807, 2.05) is 0 Å². The number of hydrogen-bond acceptors (Lipinski definition) is 1. The molecule has 0 atom stereocenters. The SMILES string of the molecule is CCCCCCCCCCCCCCCCCCCCCN(CCCC)CCCC. The molecule has 0 radical (unpaired) electrons. The molecule has 1 heteroatoms. The Bertz CT molecular complexity index is 280. The van der Waals surface area contributed by atoms with Gasteiger partial charge in [0.05, 0.1) is 0 Å². The minimum absolute atomic E-state index is 1.33. The van der Waals surface area contributed by atoms with Gasteiger partial charge in [0.1, 0.15) is 0 Å². The van der Waals surface area contributed by atoms with Crippen LogP contribution in [0.3, 0.4) is 0 Å². The number of nitrogens with zero attached hydrogens (tertiary/aromatic N) is 1. The van der Waals surface area contributed by atoms with Gasteiger partial charge in [-0.15, -0.1) is 0 Å². The molecular formula is C29H61N. The molecule has 0 fully saturated rings. The van der Waals surface area contributed by atoms with E-state index in [2.05, 4.69) is 25.7 Å². The fraction of sp³-hybridized carbons (Fsp3) is 1.00. The topological polar surface area (TPSA) is 3.24 Å². The molecule has 0 aromatic heterocycles. The van der Waals surface area contributed by atoms with E-state index in [1.165, 1.54) is 167 Å². The molecule has 0 aliphatic heterocycles. The van der Waals surface area contributed by atoms with Gasteiger partial charge in [0.2, 0.25) is 0 Å². The molecule has 30 heavy (non-hydrogen) atoms. The van der Waals surface area contributed by atoms with Crippen LogP contribution in [0.25, 0.3) is 0 Å². The van der Waals surface area contributed by atoms with Crippen LogP contribution in [0.15, 0.2) is 0 Å². The highest BCUT2D eigenvalue weighted by molar-refractivity contribution is 4.59. The minimum atomic E-state index is 1.33. The molecule has 0 unspecified atom stereocenters. The second-order valence-corrected chi connectivity index (χ2v) is 9.91. The normalized spacial score (nSPS) is 11.6. The smallest absolute Gasteiger partial charge is 0.00187 e. The molecule has 0 saturated heterocycles. The van der Waals surface area contributed by atoms with Crippen LogP contribution in [0.4, 0.5) is 0 Å². The van der Waals surface area contributed by atoms with Gasteiger partial charge in [-0.25, -0.2) is 0 Å². The van der Waals surface area contributed by atoms with Crippen molar-refractivity contribution in [3.05, 3.63) is 0 Å². The summed E-state index contributed by atoms with van der Waals surface area (Å²) >= 11 is 0. The van der Waals surface area contributed by atoms with Gasteiger partial charge in [0.15, 0.2) is 0 Å². The van der Waals surface area contributed by atoms with Crippen molar-refractivity contribution in [2.75, 3.05) is 19.6 Å². The predicted octanol–water partition coefficient (Wildman–Crippen LogP) is 10.3. The summed E-state index contributed by atoms with van der Waals surface area (Å²) in [6.07, 6.45) is 33.3. The van der Waals surface area contributed by atoms with Crippen molar-refractivity contribution < 1.29 is 0 Å². The van der Waals surface area contributed by atoms with Crippen LogP contribution in [0.2, 0.25) is 0 Å². The van der Waals surface area contributed by atoms with Gasteiger partial charge < -0.3 is 4.90 Å². The summed E-state index contributed by atoms with van der Waals surface area (Å²) in [6, 6.07) is 0. The highest BCUT2D eigenvalue weighted by Gasteiger charge is 2.03. The summed E-state index contributed by atoms with van der Waals surface area (Å²) in [6.45, 7) is 10.9. The van der Waals surface area contributed by atoms with Crippen LogP contribution in [-0.2, 0) is 0 Å². The molecule has 0 bridgehead atoms. The van der Waals surface area contributed by atoms with Gasteiger partial charge in [-0.3, -0.25) is 0 Å². The highest BCUT2D eigenvalue weighted by atomic mass is 15.1. The molecule has 0 saturated carbocycles. The van der Waals surface area contributed by atoms with Crippen molar-refractivity contribution in [1.82, 2.24) is 4.90 Å². The van der Waals surface area contributed by atoms with Crippen LogP contribution in [0, 0.1) is 0 Å². The standard InChI is InChI=1S/C29H61N/c1-4-7-10-11-12-13-14-15-16-17-18-19-20-21-22-23-24-25-26-29-30(27-8-5-2)28-9-6-3/h4-29H2,1-3H3. The van der Waals surface area contributed by atoms with Crippen molar-refractivity contribution >= 4 is 0 Å². The maximum absolute atomic E-state index is 2.72. The first-order chi connectivity index (χ1) is 14.8. The quantitative estimate of drug-likeness (QED) is 0.125. The zero-order valence-electron chi connectivity index (χ0n) is 21.8. The molecule has 0 heterocycles. The first-order valence-electron chi connectivity index (χ1n) is 14.6. The lowest BCUT2D eigenvalue weighted by Crippen LogP contribution is -2.27. The Morgan fingerprint density at radius 3 is 0.800 bits per heavy atom. The molecule has 0 amide bonds. The first-order valence-corrected chi connectivity index (χ1v) is 14.6. The third kappa shape index (κ3) is 24.2. The number of unbranched alkanes of at least 4 members (excludes halogenated alkanes) is 20. The van der Waals surface area contributed by atoms with E-state index in [9.17, 15) is 0 Å². The van der Waals surface area contributed by atoms with E-state index in [-0.39, 0.29) is 0 Å². The lowest BCUT2D eigenvalue weighted by atomic mass is 10.0. The van der Waals surface area contributed by atoms with Crippen molar-refractivity contribution in [1.29, 1.82) is 0 Å². The molecular weight excluding hydrogens is 362 g/mol. The molecule has 182 valence electrons. The van der Waals surface area contributed by atoms with Gasteiger partial charge >= 0.3 is 0 Å². The van der Waals surface area contributed by atoms with Crippen molar-refractivity contribution in [2.24, 2.45) is 0 Å². The Kier molecular flexibility index (Phi) is 27.0. The first kappa shape index (κ1) is 30.0. The molecule has 0 rings (SSSR count). The lowest BCUT2D eigenvalue weighted by molar-refractivity contribution is 0.259. The zero-order chi connectivity index (χ0) is 22.0. The Morgan fingerprint density at radius 2 is 0.500 bits per heavy atom. The van der Waals surface area contributed by atoms with Crippen LogP contribution in [0.1, 0.15) is 168 Å². The molecule has 0 spiro atoms. The van der Waals surface area contributed by atoms with Crippen molar-refractivity contribution in [3.63, 3.8) is 0 Å². The molecule has 0 N–H and O–H groups in total. The molecule has 1 nitrogen and oxygen atoms in total. The van der Waals surface area contributed by atoms with E-state index >= 15 is 0 Å². The van der Waals surface area contributed by atoms with Crippen LogP contribution in [0.5, 0.6) is 0 Å². The maximum atomic E-state index is 2.72. The lowest BCUT2D eigenvalue weighted by Gasteiger charge is -2.21. The van der Waals surface area contributed by atoms with Crippen molar-refractivity contribution in [2.45, 2.75) is 168 Å². The van der Waals surface area contributed by atoms with E-state index in [0.717, 1.165) is 0 Å². The Balaban J connectivity index is 3.21. The monoisotopic (exact) mass is 423 g/mol. The molecule has 0 aromatic carbocycles. The summed E-state index contributed by atoms with van der Waals surface area (Å²) in [5.74, 6) is 0. The average Bonchev–Trinajstić information content (AvgIpc) is 2.76. The summed E-state index contributed by atoms with van der Waals surface area (Å²) in [5, 5.41) is 0. The molecule has 0 aliphatic carbocycles. The van der Waals surface area contributed by atoms with Gasteiger partial charge in [-0.1, -0.05) is 149 Å². The summed E-state index contributed by atoms with van der Waals surface area (Å²) in [7, 11) is 0. The molecule has 0 aliphatic rings. The summed E-state index contributed by atoms with van der Waals surface area (Å²) in [4.78, 5) is 2.72. The predicted molar refractivity (Wildman–Crippen MR) is 140 cm³/mol. The third-order valence-corrected chi connectivity index (χ3v) is 6.73. The number of hydrogen-bond donors (Lipinski definition) is 0. The highest BCUT2D eigenvalue weighted by Crippen LogP contribution is 2.14. The Morgan fingerprint density at radius 1 is 0.267 bits per heavy atom. The van der Waals surface area contributed by atoms with Gasteiger partial charge in [0, 0.05) is 0 Å². The van der Waals surface area contributed by atoms with E-state index < -0.39 is 0 Å². The summed E-state index contributed by atoms with van der Waals surface area (Å²) < 4.78 is 0. The van der Waals surface area contributed by atoms with E-state index in [4.69, 9.17) is 0 Å². The zero-order valence-corrected chi connectivity index (χ0v) is 21.8. The van der Waals surface area contributed by atoms with Gasteiger partial charge in [-0.2, -0.15) is 0 Å². The number of rotatable bonds is 26. The second-order valence-electron chi connectivity index (χ2n) is 9.91. The third-order valence-electron chi connectivity index (χ3n) is 6.73. The van der Waals surface area contributed by atoms with E-state index in [1.54, 1.807) is 0 Å². The summed E-state index contributed by atoms with van der Waals surface area (Å²) in [5.41, 5.74) is 0. The second kappa shape index (κ2) is 27.0. The average molecular weight is 424 g/mol. The minimum Gasteiger partial charge on any atom is -0.303 e. The molecule has 0 aromatic rings. The Labute approximate surface area is 193 Å². The van der Waals surface area contributed by atoms with Gasteiger partial charge in [-0.05, 0) is 38.9 Å². The van der Waals surface area contributed by atoms with Crippen LogP contribution in [-0.4, -0.2) is 24.5 Å². The largest absolute Gasteiger partial charge is 0.303 e. The fourth-order valence-electron chi connectivity index (χ4n) is 4.51. The van der Waals surface area contributed by atoms with E-state index in [0.29, 0.717) is 0 Å². The van der Waals surface area contributed by atoms with Crippen LogP contribution >= 0.6 is 0 Å². The maximum Gasteiger partial charge on any atom is -0.00187 e. The van der Waals surface area contributed by atoms with Crippen molar-refractivity contribution in [3.8, 4) is 0 Å². The van der Waals surface area contributed by atoms with Crippen LogP contribution < -0.4 is 0 Å². The fourth-order valence-corrected chi connectivity index (χ4v) is 4.51. The Hall–Kier alpha value is -0.0400.